The van der Waals surface area contributed by atoms with Gasteiger partial charge in [-0.3, -0.25) is 4.79 Å². The van der Waals surface area contributed by atoms with Crippen molar-refractivity contribution in [1.29, 1.82) is 0 Å². The van der Waals surface area contributed by atoms with E-state index in [9.17, 15) is 4.79 Å². The topological polar surface area (TPSA) is 49.3 Å². The molecule has 1 rings (SSSR count). The molecular weight excluding hydrogens is 202 g/mol. The average Bonchev–Trinajstić information content (AvgIpc) is 2.26. The first-order valence-electron chi connectivity index (χ1n) is 5.50. The number of hydrogen-bond acceptors (Lipinski definition) is 2. The van der Waals surface area contributed by atoms with Crippen molar-refractivity contribution in [2.45, 2.75) is 32.2 Å². The fourth-order valence-corrected chi connectivity index (χ4v) is 1.50. The van der Waals surface area contributed by atoms with E-state index in [1.807, 2.05) is 32.0 Å². The molecule has 16 heavy (non-hydrogen) atoms. The zero-order valence-corrected chi connectivity index (χ0v) is 9.86. The van der Waals surface area contributed by atoms with Crippen LogP contribution in [0.5, 0.6) is 0 Å². The first-order chi connectivity index (χ1) is 7.49. The smallest absolute Gasteiger partial charge is 0.317 e. The van der Waals surface area contributed by atoms with Crippen molar-refractivity contribution in [1.82, 2.24) is 5.32 Å². The third-order valence-electron chi connectivity index (χ3n) is 2.60. The molecule has 88 valence electrons. The largest absolute Gasteiger partial charge is 0.480 e. The molecule has 2 N–H and O–H groups in total. The van der Waals surface area contributed by atoms with Gasteiger partial charge >= 0.3 is 5.97 Å². The maximum absolute atomic E-state index is 10.5. The van der Waals surface area contributed by atoms with Crippen LogP contribution in [-0.2, 0) is 11.2 Å². The lowest BCUT2D eigenvalue weighted by molar-refractivity contribution is -0.136. The van der Waals surface area contributed by atoms with E-state index in [-0.39, 0.29) is 12.1 Å². The lowest BCUT2D eigenvalue weighted by Crippen LogP contribution is -2.42. The van der Waals surface area contributed by atoms with Crippen molar-refractivity contribution in [3.63, 3.8) is 0 Å². The van der Waals surface area contributed by atoms with Gasteiger partial charge in [0.25, 0.3) is 0 Å². The molecule has 0 saturated carbocycles. The SMILES string of the molecule is CC(C)(CCc1ccccc1)NCC(=O)O. The Labute approximate surface area is 96.5 Å². The average molecular weight is 221 g/mol. The molecule has 0 aliphatic rings. The number of rotatable bonds is 6. The van der Waals surface area contributed by atoms with Gasteiger partial charge in [0.2, 0.25) is 0 Å². The summed E-state index contributed by atoms with van der Waals surface area (Å²) in [4.78, 5) is 10.5. The fraction of sp³-hybridized carbons (Fsp3) is 0.462. The molecule has 0 saturated heterocycles. The highest BCUT2D eigenvalue weighted by Gasteiger charge is 2.17. The highest BCUT2D eigenvalue weighted by atomic mass is 16.4. The third kappa shape index (κ3) is 4.94. The first kappa shape index (κ1) is 12.7. The monoisotopic (exact) mass is 221 g/mol. The van der Waals surface area contributed by atoms with Gasteiger partial charge in [-0.05, 0) is 32.3 Å². The summed E-state index contributed by atoms with van der Waals surface area (Å²) in [6.07, 6.45) is 1.88. The van der Waals surface area contributed by atoms with Crippen molar-refractivity contribution in [3.8, 4) is 0 Å². The molecule has 0 spiro atoms. The van der Waals surface area contributed by atoms with E-state index in [1.165, 1.54) is 5.56 Å². The van der Waals surface area contributed by atoms with Gasteiger partial charge < -0.3 is 10.4 Å². The molecule has 1 aromatic rings. The van der Waals surface area contributed by atoms with E-state index in [2.05, 4.69) is 17.4 Å². The number of carboxylic acids is 1. The quantitative estimate of drug-likeness (QED) is 0.773. The van der Waals surface area contributed by atoms with Crippen molar-refractivity contribution in [3.05, 3.63) is 35.9 Å². The second kappa shape index (κ2) is 5.66. The molecule has 0 atom stereocenters. The van der Waals surface area contributed by atoms with Crippen LogP contribution in [0.2, 0.25) is 0 Å². The van der Waals surface area contributed by atoms with Crippen molar-refractivity contribution in [2.75, 3.05) is 6.54 Å². The number of carbonyl (C=O) groups is 1. The maximum atomic E-state index is 10.5. The Kier molecular flexibility index (Phi) is 4.50. The predicted octanol–water partition coefficient (Wildman–Crippen LogP) is 2.07. The predicted molar refractivity (Wildman–Crippen MR) is 64.5 cm³/mol. The maximum Gasteiger partial charge on any atom is 0.317 e. The molecule has 0 heterocycles. The minimum atomic E-state index is -0.812. The first-order valence-corrected chi connectivity index (χ1v) is 5.50. The Morgan fingerprint density at radius 2 is 1.94 bits per heavy atom. The molecule has 3 heteroatoms. The summed E-state index contributed by atoms with van der Waals surface area (Å²) in [6.45, 7) is 4.07. The van der Waals surface area contributed by atoms with E-state index in [0.717, 1.165) is 12.8 Å². The molecule has 0 fully saturated rings. The van der Waals surface area contributed by atoms with Gasteiger partial charge in [0, 0.05) is 5.54 Å². The van der Waals surface area contributed by atoms with E-state index < -0.39 is 5.97 Å². The Hall–Kier alpha value is -1.35. The number of benzene rings is 1. The number of nitrogens with one attached hydrogen (secondary N) is 1. The highest BCUT2D eigenvalue weighted by molar-refractivity contribution is 5.69. The summed E-state index contributed by atoms with van der Waals surface area (Å²) in [7, 11) is 0. The summed E-state index contributed by atoms with van der Waals surface area (Å²) in [5, 5.41) is 11.6. The van der Waals surface area contributed by atoms with Crippen LogP contribution < -0.4 is 5.32 Å². The lowest BCUT2D eigenvalue weighted by Gasteiger charge is -2.25. The number of carboxylic acid groups (broad SMARTS) is 1. The molecule has 0 unspecified atom stereocenters. The van der Waals surface area contributed by atoms with Crippen LogP contribution in [0.4, 0.5) is 0 Å². The molecule has 0 radical (unpaired) electrons. The van der Waals surface area contributed by atoms with Gasteiger partial charge in [-0.1, -0.05) is 30.3 Å². The van der Waals surface area contributed by atoms with Gasteiger partial charge in [-0.25, -0.2) is 0 Å². The summed E-state index contributed by atoms with van der Waals surface area (Å²) in [6, 6.07) is 10.2. The van der Waals surface area contributed by atoms with Gasteiger partial charge in [0.05, 0.1) is 6.54 Å². The summed E-state index contributed by atoms with van der Waals surface area (Å²) < 4.78 is 0. The Morgan fingerprint density at radius 1 is 1.31 bits per heavy atom. The van der Waals surface area contributed by atoms with E-state index in [4.69, 9.17) is 5.11 Å². The van der Waals surface area contributed by atoms with Crippen LogP contribution in [0.25, 0.3) is 0 Å². The minimum absolute atomic E-state index is 0.0157. The third-order valence-corrected chi connectivity index (χ3v) is 2.60. The Balaban J connectivity index is 2.38. The normalized spacial score (nSPS) is 11.4. The van der Waals surface area contributed by atoms with Crippen LogP contribution in [0.15, 0.2) is 30.3 Å². The zero-order chi connectivity index (χ0) is 12.0. The minimum Gasteiger partial charge on any atom is -0.480 e. The van der Waals surface area contributed by atoms with Crippen LogP contribution in [-0.4, -0.2) is 23.2 Å². The number of aliphatic carboxylic acids is 1. The zero-order valence-electron chi connectivity index (χ0n) is 9.86. The number of hydrogen-bond donors (Lipinski definition) is 2. The van der Waals surface area contributed by atoms with Crippen molar-refractivity contribution in [2.24, 2.45) is 0 Å². The lowest BCUT2D eigenvalue weighted by atomic mass is 9.95. The summed E-state index contributed by atoms with van der Waals surface area (Å²) in [5.41, 5.74) is 1.14. The summed E-state index contributed by atoms with van der Waals surface area (Å²) >= 11 is 0. The van der Waals surface area contributed by atoms with E-state index in [1.54, 1.807) is 0 Å². The Bertz CT molecular complexity index is 333. The number of aryl methyl sites for hydroxylation is 1. The van der Waals surface area contributed by atoms with Crippen LogP contribution >= 0.6 is 0 Å². The van der Waals surface area contributed by atoms with Crippen molar-refractivity contribution >= 4 is 5.97 Å². The van der Waals surface area contributed by atoms with Crippen LogP contribution in [0.1, 0.15) is 25.8 Å². The molecule has 0 amide bonds. The second-order valence-corrected chi connectivity index (χ2v) is 4.62. The van der Waals surface area contributed by atoms with Gasteiger partial charge in [0.1, 0.15) is 0 Å². The molecule has 0 aliphatic carbocycles. The standard InChI is InChI=1S/C13H19NO2/c1-13(2,14-10-12(15)16)9-8-11-6-4-3-5-7-11/h3-7,14H,8-10H2,1-2H3,(H,15,16). The molecule has 0 aromatic heterocycles. The van der Waals surface area contributed by atoms with Crippen LogP contribution in [0, 0.1) is 0 Å². The molecule has 0 bridgehead atoms. The summed E-state index contributed by atoms with van der Waals surface area (Å²) in [5.74, 6) is -0.812. The Morgan fingerprint density at radius 3 is 2.50 bits per heavy atom. The van der Waals surface area contributed by atoms with E-state index >= 15 is 0 Å². The fourth-order valence-electron chi connectivity index (χ4n) is 1.50. The van der Waals surface area contributed by atoms with Gasteiger partial charge in [-0.2, -0.15) is 0 Å². The molecule has 0 aliphatic heterocycles. The highest BCUT2D eigenvalue weighted by Crippen LogP contribution is 2.13. The van der Waals surface area contributed by atoms with Gasteiger partial charge in [-0.15, -0.1) is 0 Å². The molecule has 1 aromatic carbocycles. The molecular formula is C13H19NO2. The second-order valence-electron chi connectivity index (χ2n) is 4.62. The van der Waals surface area contributed by atoms with Crippen molar-refractivity contribution < 1.29 is 9.90 Å². The van der Waals surface area contributed by atoms with Crippen LogP contribution in [0.3, 0.4) is 0 Å². The molecule has 3 nitrogen and oxygen atoms in total. The van der Waals surface area contributed by atoms with Gasteiger partial charge in [0.15, 0.2) is 0 Å². The van der Waals surface area contributed by atoms with E-state index in [0.29, 0.717) is 0 Å².